The maximum atomic E-state index is 12.9. The number of hydrogen-bond donors (Lipinski definition) is 3. The van der Waals surface area contributed by atoms with Crippen LogP contribution in [0.2, 0.25) is 0 Å². The number of esters is 1. The molecule has 0 aliphatic heterocycles. The SMILES string of the molecule is COC(=O)[C@H](COCc1cccc(OCCOS(=O)(=O)c2ccc(C)cc2)c1)CC(=O)Cn1cc(COc2ccc3nc(S(N)(=O)=O)sc3c2)nn1.NS(=O)(=O)c1nc2ccc(OCc3cn(CC(=O)C[C@@H](COCc4cccc(OCC[18F])c4)C(=O)O)nn3)cc2s1.[CH3-].[V]. The fraction of sp³-hybridized carbons (Fsp3) is 0.305. The minimum Gasteiger partial charge on any atom is -0.491 e. The first kappa shape index (κ1) is 75.8. The molecule has 0 aliphatic carbocycles. The number of aromatic nitrogens is 8. The molecule has 0 unspecified atom stereocenters. The number of methoxy groups -OCH3 is 1. The topological polar surface area (TPSA) is 404 Å². The number of benzene rings is 5. The predicted molar refractivity (Wildman–Crippen MR) is 336 cm³/mol. The molecule has 29 nitrogen and oxygen atoms in total. The molecular formula is C59H64FN10O19S5V-. The van der Waals surface area contributed by atoms with Gasteiger partial charge in [0, 0.05) is 31.4 Å². The van der Waals surface area contributed by atoms with E-state index in [-0.39, 0.29) is 137 Å². The van der Waals surface area contributed by atoms with Crippen LogP contribution in [0.25, 0.3) is 20.4 Å². The van der Waals surface area contributed by atoms with Gasteiger partial charge in [-0.15, -0.1) is 32.9 Å². The quantitative estimate of drug-likeness (QED) is 0.0178. The van der Waals surface area contributed by atoms with Gasteiger partial charge in [-0.2, -0.15) is 8.42 Å². The maximum Gasteiger partial charge on any atom is 0.311 e. The second-order valence-corrected chi connectivity index (χ2v) is 27.4. The largest absolute Gasteiger partial charge is 0.491 e. The first-order valence-corrected chi connectivity index (χ1v) is 33.9. The van der Waals surface area contributed by atoms with E-state index in [0.29, 0.717) is 54.8 Å². The Morgan fingerprint density at radius 2 is 1.06 bits per heavy atom. The molecule has 0 saturated carbocycles. The van der Waals surface area contributed by atoms with E-state index in [1.54, 1.807) is 97.1 Å². The number of nitrogens with two attached hydrogens (primary N) is 2. The van der Waals surface area contributed by atoms with Gasteiger partial charge < -0.3 is 45.7 Å². The van der Waals surface area contributed by atoms with Gasteiger partial charge in [-0.05, 0) is 90.8 Å². The van der Waals surface area contributed by atoms with Crippen LogP contribution in [0, 0.1) is 26.2 Å². The molecule has 0 spiro atoms. The molecule has 9 rings (SSSR count). The van der Waals surface area contributed by atoms with E-state index >= 15 is 0 Å². The number of nitrogens with zero attached hydrogens (tertiary/aromatic N) is 8. The van der Waals surface area contributed by atoms with Crippen LogP contribution in [0.1, 0.15) is 40.9 Å². The Labute approximate surface area is 564 Å². The zero-order valence-corrected chi connectivity index (χ0v) is 56.5. The molecule has 9 aromatic rings. The molecule has 4 heterocycles. The number of alkyl halides is 1. The summed E-state index contributed by atoms with van der Waals surface area (Å²) in [7, 11) is -10.5. The Kier molecular flexibility index (Phi) is 28.4. The molecule has 1 radical (unpaired) electrons. The summed E-state index contributed by atoms with van der Waals surface area (Å²) in [5.41, 5.74) is 4.15. The number of fused-ring (bicyclic) bond motifs is 2. The molecule has 507 valence electrons. The molecule has 4 aromatic heterocycles. The van der Waals surface area contributed by atoms with E-state index in [1.807, 2.05) is 6.92 Å². The molecule has 2 atom stereocenters. The molecule has 95 heavy (non-hydrogen) atoms. The third kappa shape index (κ3) is 23.6. The number of halogens is 1. The third-order valence-electron chi connectivity index (χ3n) is 12.8. The maximum absolute atomic E-state index is 12.9. The molecule has 0 amide bonds. The van der Waals surface area contributed by atoms with Gasteiger partial charge in [0.05, 0.1) is 83.1 Å². The minimum atomic E-state index is -3.92. The molecule has 0 saturated heterocycles. The molecular weight excluding hydrogens is 1380 g/mol. The van der Waals surface area contributed by atoms with Crippen LogP contribution < -0.4 is 29.2 Å². The average molecular weight is 1450 g/mol. The Hall–Kier alpha value is -8.20. The number of carboxylic acids is 1. The van der Waals surface area contributed by atoms with Gasteiger partial charge in [-0.25, -0.2) is 50.8 Å². The molecule has 0 fully saturated rings. The van der Waals surface area contributed by atoms with Gasteiger partial charge >= 0.3 is 11.9 Å². The van der Waals surface area contributed by atoms with Crippen molar-refractivity contribution in [3.05, 3.63) is 157 Å². The van der Waals surface area contributed by atoms with Crippen molar-refractivity contribution >= 4 is 96.8 Å². The number of hydrogen-bond acceptors (Lipinski definition) is 26. The van der Waals surface area contributed by atoms with Gasteiger partial charge in [-0.1, -0.05) is 52.4 Å². The van der Waals surface area contributed by atoms with Crippen molar-refractivity contribution in [1.82, 2.24) is 40.0 Å². The number of ether oxygens (including phenoxy) is 7. The summed E-state index contributed by atoms with van der Waals surface area (Å²) in [5, 5.41) is 35.7. The number of rotatable bonds is 35. The summed E-state index contributed by atoms with van der Waals surface area (Å²) >= 11 is 1.85. The predicted octanol–water partition coefficient (Wildman–Crippen LogP) is 5.96. The summed E-state index contributed by atoms with van der Waals surface area (Å²) in [6.45, 7) is 0.603. The number of carbonyl (C=O) groups excluding carboxylic acids is 3. The van der Waals surface area contributed by atoms with Crippen LogP contribution >= 0.6 is 22.7 Å². The first-order chi connectivity index (χ1) is 44.4. The average Bonchev–Trinajstić information content (AvgIpc) is 1.68. The zero-order chi connectivity index (χ0) is 66.7. The third-order valence-corrected chi connectivity index (χ3v) is 18.8. The van der Waals surface area contributed by atoms with Gasteiger partial charge in [0.15, 0.2) is 11.6 Å². The second kappa shape index (κ2) is 35.5. The van der Waals surface area contributed by atoms with Crippen molar-refractivity contribution in [1.29, 1.82) is 0 Å². The monoisotopic (exact) mass is 1450 g/mol. The number of aliphatic carboxylic acids is 1. The van der Waals surface area contributed by atoms with Crippen LogP contribution in [0.5, 0.6) is 23.0 Å². The van der Waals surface area contributed by atoms with Crippen molar-refractivity contribution in [2.24, 2.45) is 22.1 Å². The molecule has 0 aliphatic rings. The van der Waals surface area contributed by atoms with Gasteiger partial charge in [-0.3, -0.25) is 23.4 Å². The summed E-state index contributed by atoms with van der Waals surface area (Å²) in [6.07, 6.45) is 2.61. The number of carbonyl (C=O) groups is 4. The number of carboxylic acid groups (broad SMARTS) is 1. The molecule has 5 N–H and O–H groups in total. The van der Waals surface area contributed by atoms with Crippen molar-refractivity contribution < 1.29 is 110 Å². The zero-order valence-electron chi connectivity index (χ0n) is 51.0. The summed E-state index contributed by atoms with van der Waals surface area (Å²) in [6, 6.07) is 29.8. The Balaban J connectivity index is 0.000000302. The van der Waals surface area contributed by atoms with Gasteiger partial charge in [0.25, 0.3) is 30.2 Å². The fourth-order valence-corrected chi connectivity index (χ4v) is 12.7. The molecule has 5 aromatic carbocycles. The number of thiazole rings is 2. The number of primary sulfonamides is 2. The van der Waals surface area contributed by atoms with Crippen LogP contribution in [-0.4, -0.2) is 141 Å². The number of aryl methyl sites for hydroxylation is 1. The number of ketones is 2. The minimum absolute atomic E-state index is 0. The first-order valence-electron chi connectivity index (χ1n) is 27.7. The Bertz CT molecular complexity index is 4420. The summed E-state index contributed by atoms with van der Waals surface area (Å²) in [5.74, 6) is -2.55. The summed E-state index contributed by atoms with van der Waals surface area (Å²) < 4.78 is 130. The van der Waals surface area contributed by atoms with Crippen LogP contribution in [0.3, 0.4) is 0 Å². The number of Topliss-reactive ketones (excluding diaryl/α,β-unsaturated/α-hetero) is 2. The Morgan fingerprint density at radius 3 is 1.53 bits per heavy atom. The normalized spacial score (nSPS) is 12.1. The Morgan fingerprint density at radius 1 is 0.600 bits per heavy atom. The molecule has 36 heteroatoms. The van der Waals surface area contributed by atoms with Crippen LogP contribution in [0.4, 0.5) is 4.39 Å². The fourth-order valence-electron chi connectivity index (χ4n) is 8.42. The van der Waals surface area contributed by atoms with Crippen molar-refractivity contribution in [2.75, 3.05) is 46.8 Å². The van der Waals surface area contributed by atoms with Crippen LogP contribution in [-0.2, 0) is 126 Å². The van der Waals surface area contributed by atoms with E-state index in [9.17, 15) is 53.9 Å². The summed E-state index contributed by atoms with van der Waals surface area (Å²) in [4.78, 5) is 57.6. The van der Waals surface area contributed by atoms with Crippen molar-refractivity contribution in [3.8, 4) is 23.0 Å². The number of sulfonamides is 2. The van der Waals surface area contributed by atoms with Gasteiger partial charge in [0.2, 0.25) is 8.68 Å². The van der Waals surface area contributed by atoms with Gasteiger partial charge in [0.1, 0.15) is 87.2 Å². The molecule has 0 bridgehead atoms. The smallest absolute Gasteiger partial charge is 0.311 e. The van der Waals surface area contributed by atoms with E-state index < -0.39 is 60.6 Å². The standard InChI is InChI=1S/C33H35N5O11S3.C25H26FN5O8S2.CH3.V/c1-22-6-9-29(10-7-22)52(43,44)49-13-12-47-27-5-3-4-23(14-27)19-46-20-24(32(40)45-2)15-26(39)18-38-17-25(36-37-38)21-48-28-8-11-30-31(16-28)50-33(35-30)51(34,41)42;26-6-7-38-20-3-1-2-16(8-20)13-37-14-17(24(33)34)9-19(32)12-31-11-18(29-30-31)15-39-21-4-5-22-23(10-21)40-25(28-22)41(27,35)36;;/h3-11,14,16-17,24H,12-13,15,18-21H2,1-2H3,(H2,34,41,42);1-5,8,10-11,17H,6-7,9,12-15H2,(H,33,34)(H2,27,35,36);1H3;/q;;-1;/t24-;17-;;/m00../s1/i;26-1;;. The van der Waals surface area contributed by atoms with Crippen molar-refractivity contribution in [2.45, 2.75) is 72.9 Å². The van der Waals surface area contributed by atoms with E-state index in [4.69, 9.17) is 47.6 Å². The second-order valence-electron chi connectivity index (χ2n) is 20.2. The van der Waals surface area contributed by atoms with E-state index in [2.05, 4.69) is 30.6 Å². The van der Waals surface area contributed by atoms with E-state index in [1.165, 1.54) is 41.0 Å². The van der Waals surface area contributed by atoms with E-state index in [0.717, 1.165) is 39.4 Å². The van der Waals surface area contributed by atoms with Crippen LogP contribution in [0.15, 0.2) is 135 Å². The van der Waals surface area contributed by atoms with Crippen molar-refractivity contribution in [3.63, 3.8) is 0 Å².